The highest BCUT2D eigenvalue weighted by Gasteiger charge is 2.29. The highest BCUT2D eigenvalue weighted by Crippen LogP contribution is 2.32. The fourth-order valence-electron chi connectivity index (χ4n) is 4.32. The molecular formula is C21H32N2O3. The minimum absolute atomic E-state index is 0.0222. The summed E-state index contributed by atoms with van der Waals surface area (Å²) >= 11 is 0. The van der Waals surface area contributed by atoms with Crippen LogP contribution in [0.4, 0.5) is 0 Å². The number of carbonyl (C=O) groups is 2. The molecule has 1 saturated carbocycles. The molecule has 1 aliphatic heterocycles. The first-order chi connectivity index (χ1) is 12.7. The Labute approximate surface area is 156 Å². The number of rotatable bonds is 6. The summed E-state index contributed by atoms with van der Waals surface area (Å²) < 4.78 is 4.99. The van der Waals surface area contributed by atoms with Gasteiger partial charge in [-0.3, -0.25) is 9.59 Å². The van der Waals surface area contributed by atoms with E-state index in [-0.39, 0.29) is 23.8 Å². The minimum atomic E-state index is 0.0222. The largest absolute Gasteiger partial charge is 0.472 e. The molecule has 1 aliphatic carbocycles. The Morgan fingerprint density at radius 2 is 1.88 bits per heavy atom. The molecule has 1 N–H and O–H groups in total. The van der Waals surface area contributed by atoms with Crippen molar-refractivity contribution in [3.05, 3.63) is 24.2 Å². The maximum absolute atomic E-state index is 12.6. The number of hydrogen-bond donors (Lipinski definition) is 1. The highest BCUT2D eigenvalue weighted by molar-refractivity contribution is 5.93. The SMILES string of the molecule is CCCCC1CCC(C(=O)NC2CCN(C(=O)c3ccoc3)CC2)CC1. The molecule has 3 rings (SSSR count). The molecule has 1 aromatic rings. The smallest absolute Gasteiger partial charge is 0.257 e. The van der Waals surface area contributed by atoms with Crippen molar-refractivity contribution in [1.82, 2.24) is 10.2 Å². The molecule has 5 heteroatoms. The molecule has 26 heavy (non-hydrogen) atoms. The third-order valence-corrected chi connectivity index (χ3v) is 6.08. The second kappa shape index (κ2) is 9.24. The van der Waals surface area contributed by atoms with Gasteiger partial charge in [-0.1, -0.05) is 26.2 Å². The van der Waals surface area contributed by atoms with E-state index in [1.54, 1.807) is 6.07 Å². The molecule has 0 bridgehead atoms. The number of likely N-dealkylation sites (tertiary alicyclic amines) is 1. The molecule has 144 valence electrons. The Kier molecular flexibility index (Phi) is 6.75. The van der Waals surface area contributed by atoms with Gasteiger partial charge in [-0.25, -0.2) is 0 Å². The van der Waals surface area contributed by atoms with Crippen LogP contribution in [0.3, 0.4) is 0 Å². The van der Waals surface area contributed by atoms with E-state index in [0.717, 1.165) is 31.6 Å². The summed E-state index contributed by atoms with van der Waals surface area (Å²) in [6, 6.07) is 1.90. The second-order valence-corrected chi connectivity index (χ2v) is 7.95. The second-order valence-electron chi connectivity index (χ2n) is 7.95. The van der Waals surface area contributed by atoms with Crippen LogP contribution in [0, 0.1) is 11.8 Å². The average molecular weight is 360 g/mol. The zero-order chi connectivity index (χ0) is 18.4. The van der Waals surface area contributed by atoms with E-state index in [0.29, 0.717) is 18.7 Å². The van der Waals surface area contributed by atoms with Crippen LogP contribution < -0.4 is 5.32 Å². The van der Waals surface area contributed by atoms with Crippen LogP contribution in [-0.4, -0.2) is 35.8 Å². The summed E-state index contributed by atoms with van der Waals surface area (Å²) in [5, 5.41) is 3.25. The predicted molar refractivity (Wildman–Crippen MR) is 101 cm³/mol. The number of nitrogens with zero attached hydrogens (tertiary/aromatic N) is 1. The minimum Gasteiger partial charge on any atom is -0.472 e. The zero-order valence-electron chi connectivity index (χ0n) is 15.9. The third-order valence-electron chi connectivity index (χ3n) is 6.08. The molecular weight excluding hydrogens is 328 g/mol. The topological polar surface area (TPSA) is 62.6 Å². The summed E-state index contributed by atoms with van der Waals surface area (Å²) in [7, 11) is 0. The van der Waals surface area contributed by atoms with Gasteiger partial charge in [0.15, 0.2) is 0 Å². The molecule has 1 saturated heterocycles. The van der Waals surface area contributed by atoms with E-state index < -0.39 is 0 Å². The van der Waals surface area contributed by atoms with Crippen molar-refractivity contribution in [2.45, 2.75) is 70.8 Å². The molecule has 2 heterocycles. The van der Waals surface area contributed by atoms with E-state index in [1.807, 2.05) is 4.90 Å². The third kappa shape index (κ3) is 4.89. The monoisotopic (exact) mass is 360 g/mol. The Hall–Kier alpha value is -1.78. The fourth-order valence-corrected chi connectivity index (χ4v) is 4.32. The van der Waals surface area contributed by atoms with Crippen LogP contribution in [0.5, 0.6) is 0 Å². The van der Waals surface area contributed by atoms with E-state index in [4.69, 9.17) is 4.42 Å². The lowest BCUT2D eigenvalue weighted by Crippen LogP contribution is -2.48. The fraction of sp³-hybridized carbons (Fsp3) is 0.714. The molecule has 0 aromatic carbocycles. The molecule has 0 radical (unpaired) electrons. The zero-order valence-corrected chi connectivity index (χ0v) is 15.9. The van der Waals surface area contributed by atoms with Crippen molar-refractivity contribution in [1.29, 1.82) is 0 Å². The number of hydrogen-bond acceptors (Lipinski definition) is 3. The maximum atomic E-state index is 12.6. The molecule has 2 fully saturated rings. The lowest BCUT2D eigenvalue weighted by atomic mass is 9.79. The Morgan fingerprint density at radius 3 is 2.50 bits per heavy atom. The van der Waals surface area contributed by atoms with Crippen LogP contribution >= 0.6 is 0 Å². The van der Waals surface area contributed by atoms with Gasteiger partial charge in [-0.2, -0.15) is 0 Å². The van der Waals surface area contributed by atoms with Gasteiger partial charge in [0.2, 0.25) is 5.91 Å². The maximum Gasteiger partial charge on any atom is 0.257 e. The molecule has 1 aromatic heterocycles. The normalized spacial score (nSPS) is 24.4. The number of amides is 2. The molecule has 0 spiro atoms. The van der Waals surface area contributed by atoms with Gasteiger partial charge in [-0.15, -0.1) is 0 Å². The van der Waals surface area contributed by atoms with E-state index >= 15 is 0 Å². The standard InChI is InChI=1S/C21H32N2O3/c1-2-3-4-16-5-7-17(8-6-16)20(24)22-19-9-12-23(13-10-19)21(25)18-11-14-26-15-18/h11,14-17,19H,2-10,12-13H2,1H3,(H,22,24). The number of nitrogens with one attached hydrogen (secondary N) is 1. The van der Waals surface area contributed by atoms with E-state index in [2.05, 4.69) is 12.2 Å². The van der Waals surface area contributed by atoms with Crippen molar-refractivity contribution in [3.63, 3.8) is 0 Å². The van der Waals surface area contributed by atoms with Crippen molar-refractivity contribution < 1.29 is 14.0 Å². The van der Waals surface area contributed by atoms with Crippen LogP contribution in [0.2, 0.25) is 0 Å². The molecule has 2 aliphatic rings. The number of carbonyl (C=O) groups excluding carboxylic acids is 2. The Morgan fingerprint density at radius 1 is 1.15 bits per heavy atom. The molecule has 0 unspecified atom stereocenters. The molecule has 0 atom stereocenters. The first-order valence-corrected chi connectivity index (χ1v) is 10.3. The van der Waals surface area contributed by atoms with Gasteiger partial charge in [0, 0.05) is 25.0 Å². The van der Waals surface area contributed by atoms with Crippen molar-refractivity contribution >= 4 is 11.8 Å². The van der Waals surface area contributed by atoms with Gasteiger partial charge in [0.25, 0.3) is 5.91 Å². The number of furan rings is 1. The van der Waals surface area contributed by atoms with Gasteiger partial charge in [0.1, 0.15) is 6.26 Å². The van der Waals surface area contributed by atoms with Crippen molar-refractivity contribution in [2.75, 3.05) is 13.1 Å². The van der Waals surface area contributed by atoms with Gasteiger partial charge < -0.3 is 14.6 Å². The summed E-state index contributed by atoms with van der Waals surface area (Å²) in [5.41, 5.74) is 0.604. The number of unbranched alkanes of at least 4 members (excludes halogenated alkanes) is 1. The molecule has 2 amide bonds. The summed E-state index contributed by atoms with van der Waals surface area (Å²) in [6.07, 6.45) is 13.1. The summed E-state index contributed by atoms with van der Waals surface area (Å²) in [4.78, 5) is 26.8. The van der Waals surface area contributed by atoms with Gasteiger partial charge in [-0.05, 0) is 50.5 Å². The van der Waals surface area contributed by atoms with Gasteiger partial charge >= 0.3 is 0 Å². The lowest BCUT2D eigenvalue weighted by molar-refractivity contribution is -0.127. The summed E-state index contributed by atoms with van der Waals surface area (Å²) in [5.74, 6) is 1.28. The Bertz CT molecular complexity index is 568. The van der Waals surface area contributed by atoms with E-state index in [1.165, 1.54) is 44.6 Å². The molecule has 5 nitrogen and oxygen atoms in total. The lowest BCUT2D eigenvalue weighted by Gasteiger charge is -2.34. The van der Waals surface area contributed by atoms with Crippen molar-refractivity contribution in [2.24, 2.45) is 11.8 Å². The highest BCUT2D eigenvalue weighted by atomic mass is 16.3. The van der Waals surface area contributed by atoms with Gasteiger partial charge in [0.05, 0.1) is 11.8 Å². The first-order valence-electron chi connectivity index (χ1n) is 10.3. The summed E-state index contributed by atoms with van der Waals surface area (Å²) in [6.45, 7) is 3.63. The van der Waals surface area contributed by atoms with Crippen LogP contribution in [-0.2, 0) is 4.79 Å². The van der Waals surface area contributed by atoms with Crippen LogP contribution in [0.15, 0.2) is 23.0 Å². The van der Waals surface area contributed by atoms with Crippen molar-refractivity contribution in [3.8, 4) is 0 Å². The van der Waals surface area contributed by atoms with E-state index in [9.17, 15) is 9.59 Å². The quantitative estimate of drug-likeness (QED) is 0.834. The van der Waals surface area contributed by atoms with Crippen LogP contribution in [0.1, 0.15) is 75.1 Å². The van der Waals surface area contributed by atoms with Crippen LogP contribution in [0.25, 0.3) is 0 Å². The Balaban J connectivity index is 1.38. The first kappa shape index (κ1) is 19.0. The average Bonchev–Trinajstić information content (AvgIpc) is 3.21. The predicted octanol–water partition coefficient (Wildman–Crippen LogP) is 4.00. The number of piperidine rings is 1.